The predicted octanol–water partition coefficient (Wildman–Crippen LogP) is 1.45. The fourth-order valence-corrected chi connectivity index (χ4v) is 0.927. The summed E-state index contributed by atoms with van der Waals surface area (Å²) in [6.45, 7) is 1.68. The van der Waals surface area contributed by atoms with E-state index in [9.17, 15) is 4.79 Å². The van der Waals surface area contributed by atoms with E-state index in [4.69, 9.17) is 8.83 Å². The monoisotopic (exact) mass is 178 g/mol. The van der Waals surface area contributed by atoms with Crippen molar-refractivity contribution in [3.8, 4) is 11.7 Å². The predicted molar refractivity (Wildman–Crippen MR) is 42.1 cm³/mol. The van der Waals surface area contributed by atoms with Gasteiger partial charge in [0.1, 0.15) is 0 Å². The molecule has 5 nitrogen and oxygen atoms in total. The molecule has 0 saturated carbocycles. The molecule has 0 aliphatic heterocycles. The molecule has 0 aromatic carbocycles. The number of hydrogen-bond donors (Lipinski definition) is 0. The van der Waals surface area contributed by atoms with Crippen molar-refractivity contribution in [2.24, 2.45) is 0 Å². The Morgan fingerprint density at radius 1 is 1.31 bits per heavy atom. The molecule has 66 valence electrons. The summed E-state index contributed by atoms with van der Waals surface area (Å²) >= 11 is 0. The summed E-state index contributed by atoms with van der Waals surface area (Å²) in [4.78, 5) is 10.3. The highest BCUT2D eigenvalue weighted by molar-refractivity contribution is 5.71. The zero-order chi connectivity index (χ0) is 9.26. The largest absolute Gasteiger partial charge is 0.448 e. The molecule has 0 atom stereocenters. The first-order chi connectivity index (χ1) is 6.29. The lowest BCUT2D eigenvalue weighted by Crippen LogP contribution is -1.73. The quantitative estimate of drug-likeness (QED) is 0.651. The van der Waals surface area contributed by atoms with E-state index in [0.717, 1.165) is 0 Å². The second-order valence-electron chi connectivity index (χ2n) is 2.45. The first kappa shape index (κ1) is 7.72. The van der Waals surface area contributed by atoms with Crippen LogP contribution in [0, 0.1) is 6.92 Å². The fraction of sp³-hybridized carbons (Fsp3) is 0.125. The van der Waals surface area contributed by atoms with Crippen LogP contribution in [0.5, 0.6) is 0 Å². The average Bonchev–Trinajstić information content (AvgIpc) is 2.71. The lowest BCUT2D eigenvalue weighted by molar-refractivity contribution is 0.110. The maximum atomic E-state index is 10.3. The Morgan fingerprint density at radius 2 is 2.15 bits per heavy atom. The van der Waals surface area contributed by atoms with Crippen LogP contribution in [0.25, 0.3) is 11.7 Å². The molecule has 0 N–H and O–H groups in total. The van der Waals surface area contributed by atoms with Gasteiger partial charge in [0.25, 0.3) is 5.89 Å². The number of furan rings is 1. The number of carbonyl (C=O) groups excluding carboxylic acids is 1. The summed E-state index contributed by atoms with van der Waals surface area (Å²) in [7, 11) is 0. The number of aldehydes is 1. The number of aromatic nitrogens is 2. The zero-order valence-electron chi connectivity index (χ0n) is 6.85. The van der Waals surface area contributed by atoms with Crippen molar-refractivity contribution in [3.05, 3.63) is 23.8 Å². The van der Waals surface area contributed by atoms with Crippen LogP contribution in [0.1, 0.15) is 16.4 Å². The van der Waals surface area contributed by atoms with Gasteiger partial charge in [-0.05, 0) is 12.1 Å². The Hall–Kier alpha value is -1.91. The minimum Gasteiger partial charge on any atom is -0.448 e. The Bertz CT molecular complexity index is 430. The van der Waals surface area contributed by atoms with Gasteiger partial charge in [-0.2, -0.15) is 0 Å². The van der Waals surface area contributed by atoms with Crippen LogP contribution < -0.4 is 0 Å². The van der Waals surface area contributed by atoms with E-state index < -0.39 is 0 Å². The molecule has 0 spiro atoms. The van der Waals surface area contributed by atoms with Crippen LogP contribution in [0.2, 0.25) is 0 Å². The van der Waals surface area contributed by atoms with Crippen molar-refractivity contribution in [1.82, 2.24) is 10.2 Å². The van der Waals surface area contributed by atoms with E-state index in [2.05, 4.69) is 10.2 Å². The second kappa shape index (κ2) is 2.85. The highest BCUT2D eigenvalue weighted by Gasteiger charge is 2.10. The highest BCUT2D eigenvalue weighted by Crippen LogP contribution is 2.19. The third-order valence-electron chi connectivity index (χ3n) is 1.48. The third kappa shape index (κ3) is 1.35. The molecule has 0 saturated heterocycles. The van der Waals surface area contributed by atoms with Gasteiger partial charge in [-0.1, -0.05) is 0 Å². The number of rotatable bonds is 2. The summed E-state index contributed by atoms with van der Waals surface area (Å²) in [6.07, 6.45) is 0.618. The first-order valence-corrected chi connectivity index (χ1v) is 3.65. The van der Waals surface area contributed by atoms with Crippen LogP contribution in [0.4, 0.5) is 0 Å². The molecule has 0 bridgehead atoms. The van der Waals surface area contributed by atoms with Crippen LogP contribution >= 0.6 is 0 Å². The van der Waals surface area contributed by atoms with E-state index >= 15 is 0 Å². The lowest BCUT2D eigenvalue weighted by atomic mass is 10.4. The van der Waals surface area contributed by atoms with Gasteiger partial charge < -0.3 is 8.83 Å². The first-order valence-electron chi connectivity index (χ1n) is 3.65. The normalized spacial score (nSPS) is 10.2. The third-order valence-corrected chi connectivity index (χ3v) is 1.48. The number of nitrogens with zero attached hydrogens (tertiary/aromatic N) is 2. The molecule has 2 aromatic rings. The van der Waals surface area contributed by atoms with Gasteiger partial charge >= 0.3 is 0 Å². The molecule has 2 heterocycles. The summed E-state index contributed by atoms with van der Waals surface area (Å²) in [5.74, 6) is 1.39. The van der Waals surface area contributed by atoms with Crippen molar-refractivity contribution < 1.29 is 13.6 Å². The molecule has 13 heavy (non-hydrogen) atoms. The number of aryl methyl sites for hydroxylation is 1. The molecule has 2 rings (SSSR count). The molecule has 0 fully saturated rings. The van der Waals surface area contributed by atoms with Gasteiger partial charge in [-0.25, -0.2) is 0 Å². The molecular formula is C8H6N2O3. The zero-order valence-corrected chi connectivity index (χ0v) is 6.85. The smallest absolute Gasteiger partial charge is 0.283 e. The molecule has 0 amide bonds. The van der Waals surface area contributed by atoms with Crippen molar-refractivity contribution >= 4 is 6.29 Å². The van der Waals surface area contributed by atoms with Gasteiger partial charge in [0.05, 0.1) is 0 Å². The van der Waals surface area contributed by atoms with Crippen molar-refractivity contribution in [2.45, 2.75) is 6.92 Å². The van der Waals surface area contributed by atoms with E-state index in [1.165, 1.54) is 0 Å². The Kier molecular flexibility index (Phi) is 1.70. The van der Waals surface area contributed by atoms with Crippen LogP contribution in [0.3, 0.4) is 0 Å². The summed E-state index contributed by atoms with van der Waals surface area (Å²) in [5, 5.41) is 7.37. The van der Waals surface area contributed by atoms with Crippen LogP contribution in [-0.4, -0.2) is 16.5 Å². The highest BCUT2D eigenvalue weighted by atomic mass is 16.4. The molecule has 0 unspecified atom stereocenters. The van der Waals surface area contributed by atoms with E-state index in [1.807, 2.05) is 0 Å². The van der Waals surface area contributed by atoms with Gasteiger partial charge in [0.2, 0.25) is 5.89 Å². The molecule has 0 aliphatic carbocycles. The minimum absolute atomic E-state index is 0.242. The number of hydrogen-bond acceptors (Lipinski definition) is 5. The fourth-order valence-electron chi connectivity index (χ4n) is 0.927. The molecular weight excluding hydrogens is 172 g/mol. The second-order valence-corrected chi connectivity index (χ2v) is 2.45. The van der Waals surface area contributed by atoms with Crippen LogP contribution in [0.15, 0.2) is 21.0 Å². The Balaban J connectivity index is 2.40. The summed E-state index contributed by atoms with van der Waals surface area (Å²) < 4.78 is 10.2. The van der Waals surface area contributed by atoms with Crippen molar-refractivity contribution in [2.75, 3.05) is 0 Å². The van der Waals surface area contributed by atoms with Crippen LogP contribution in [-0.2, 0) is 0 Å². The van der Waals surface area contributed by atoms with Crippen molar-refractivity contribution in [1.29, 1.82) is 0 Å². The minimum atomic E-state index is 0.242. The molecule has 0 radical (unpaired) electrons. The van der Waals surface area contributed by atoms with Gasteiger partial charge in [0.15, 0.2) is 17.8 Å². The Labute approximate surface area is 73.4 Å². The summed E-state index contributed by atoms with van der Waals surface area (Å²) in [5.41, 5.74) is 0. The SMILES string of the molecule is Cc1nnc(-c2ccc(C=O)o2)o1. The Morgan fingerprint density at radius 3 is 2.69 bits per heavy atom. The van der Waals surface area contributed by atoms with E-state index in [-0.39, 0.29) is 11.7 Å². The molecule has 0 aliphatic rings. The van der Waals surface area contributed by atoms with Gasteiger partial charge in [-0.15, -0.1) is 10.2 Å². The van der Waals surface area contributed by atoms with Crippen molar-refractivity contribution in [3.63, 3.8) is 0 Å². The number of carbonyl (C=O) groups is 1. The standard InChI is InChI=1S/C8H6N2O3/c1-5-9-10-8(12-5)7-3-2-6(4-11)13-7/h2-4H,1H3. The molecule has 5 heteroatoms. The average molecular weight is 178 g/mol. The van der Waals surface area contributed by atoms with Gasteiger partial charge in [-0.3, -0.25) is 4.79 Å². The lowest BCUT2D eigenvalue weighted by Gasteiger charge is -1.84. The maximum absolute atomic E-state index is 10.3. The summed E-state index contributed by atoms with van der Waals surface area (Å²) in [6, 6.07) is 3.15. The molecule has 2 aromatic heterocycles. The maximum Gasteiger partial charge on any atom is 0.283 e. The topological polar surface area (TPSA) is 69.1 Å². The van der Waals surface area contributed by atoms with E-state index in [1.54, 1.807) is 19.1 Å². The van der Waals surface area contributed by atoms with E-state index in [0.29, 0.717) is 17.9 Å². The van der Waals surface area contributed by atoms with Gasteiger partial charge in [0, 0.05) is 6.92 Å².